The zero-order valence-electron chi connectivity index (χ0n) is 58.0. The lowest BCUT2D eigenvalue weighted by Crippen LogP contribution is -2.29. The summed E-state index contributed by atoms with van der Waals surface area (Å²) in [5.41, 5.74) is 3.81. The molecule has 0 fully saturated rings. The molecule has 0 unspecified atom stereocenters. The fourth-order valence-corrected chi connectivity index (χ4v) is 19.0. The summed E-state index contributed by atoms with van der Waals surface area (Å²) in [5, 5.41) is 34.6. The van der Waals surface area contributed by atoms with Crippen molar-refractivity contribution in [3.63, 3.8) is 0 Å². The second kappa shape index (κ2) is 37.4. The van der Waals surface area contributed by atoms with Crippen LogP contribution in [0.15, 0.2) is 182 Å². The molecule has 0 bridgehead atoms. The highest BCUT2D eigenvalue weighted by Gasteiger charge is 2.39. The second-order valence-corrected chi connectivity index (χ2v) is 36.7. The number of nitrogens with one attached hydrogen (secondary N) is 2. The SMILES string of the molecule is CC1(C)C#CC(C)(C)C[S+](Cc2ccc(C#CC#N)cc2)C1.CN(C)c1ccc(N=Nc2ccc(S(=O)(=O)NCCS)cc2)cc1.CN(C)c1ccc(N=Nc2ccc(S(=O)(=O)NCCSC(=CC#N)c3ccc(C[S+]4CC(C)(C)C#CC(C)(C)C4)cc3)cc2)cc1.O=S(=O)([O-])C(F)(F)F. The Labute approximate surface area is 605 Å². The molecule has 2 aliphatic heterocycles. The van der Waals surface area contributed by atoms with E-state index < -0.39 is 35.7 Å². The number of halogens is 3. The summed E-state index contributed by atoms with van der Waals surface area (Å²) in [6, 6.07) is 48.6. The van der Waals surface area contributed by atoms with Crippen LogP contribution in [0.5, 0.6) is 0 Å². The van der Waals surface area contributed by atoms with Gasteiger partial charge >= 0.3 is 5.51 Å². The van der Waals surface area contributed by atoms with E-state index in [0.29, 0.717) is 39.5 Å². The van der Waals surface area contributed by atoms with Crippen molar-refractivity contribution >= 4 is 115 Å². The predicted molar refractivity (Wildman–Crippen MR) is 406 cm³/mol. The van der Waals surface area contributed by atoms with E-state index in [1.54, 1.807) is 24.3 Å². The molecule has 27 heteroatoms. The Hall–Kier alpha value is -7.56. The van der Waals surface area contributed by atoms with Crippen molar-refractivity contribution in [2.24, 2.45) is 42.1 Å². The summed E-state index contributed by atoms with van der Waals surface area (Å²) in [6.07, 6.45) is 1.52. The number of allylic oxidation sites excluding steroid dienone is 1. The van der Waals surface area contributed by atoms with Crippen LogP contribution in [0.25, 0.3) is 4.91 Å². The second-order valence-electron chi connectivity index (χ2n) is 26.0. The summed E-state index contributed by atoms with van der Waals surface area (Å²) >= 11 is 5.44. The van der Waals surface area contributed by atoms with E-state index in [4.69, 9.17) is 18.2 Å². The van der Waals surface area contributed by atoms with Gasteiger partial charge < -0.3 is 14.4 Å². The van der Waals surface area contributed by atoms with Gasteiger partial charge in [0.25, 0.3) is 0 Å². The number of thioether (sulfide) groups is 1. The van der Waals surface area contributed by atoms with E-state index in [-0.39, 0.29) is 55.4 Å². The molecule has 0 atom stereocenters. The lowest BCUT2D eigenvalue weighted by molar-refractivity contribution is -0.0518. The molecule has 530 valence electrons. The summed E-state index contributed by atoms with van der Waals surface area (Å²) < 4.78 is 114. The Morgan fingerprint density at radius 2 is 0.900 bits per heavy atom. The van der Waals surface area contributed by atoms with Gasteiger partial charge in [0.05, 0.1) is 60.3 Å². The number of thiol groups is 1. The molecule has 2 aliphatic rings. The Morgan fingerprint density at radius 1 is 0.570 bits per heavy atom. The number of alkyl halides is 3. The first-order valence-electron chi connectivity index (χ1n) is 31.1. The zero-order valence-corrected chi connectivity index (χ0v) is 63.8. The van der Waals surface area contributed by atoms with Crippen molar-refractivity contribution in [3.05, 3.63) is 174 Å². The van der Waals surface area contributed by atoms with Gasteiger partial charge in [-0.2, -0.15) is 56.8 Å². The summed E-state index contributed by atoms with van der Waals surface area (Å²) in [5.74, 6) is 26.7. The Kier molecular flexibility index (Phi) is 31.1. The fourth-order valence-electron chi connectivity index (χ4n) is 9.39. The van der Waals surface area contributed by atoms with E-state index >= 15 is 0 Å². The summed E-state index contributed by atoms with van der Waals surface area (Å²) in [7, 11) is -4.87. The number of nitrogens with zero attached hydrogens (tertiary/aromatic N) is 8. The molecule has 0 saturated heterocycles. The molecule has 6 aromatic rings. The topological polar surface area (TPSA) is 253 Å². The maximum atomic E-state index is 12.9. The lowest BCUT2D eigenvalue weighted by atomic mass is 9.92. The molecule has 8 rings (SSSR count). The first-order chi connectivity index (χ1) is 46.7. The molecule has 0 saturated carbocycles. The maximum Gasteiger partial charge on any atom is 0.485 e. The van der Waals surface area contributed by atoms with Crippen LogP contribution in [0, 0.1) is 79.8 Å². The third kappa shape index (κ3) is 29.2. The molecule has 0 amide bonds. The number of azo groups is 2. The Morgan fingerprint density at radius 3 is 1.21 bits per heavy atom. The average Bonchev–Trinajstić information content (AvgIpc) is 1.64. The molecule has 0 spiro atoms. The number of benzene rings is 6. The van der Waals surface area contributed by atoms with Crippen LogP contribution in [0.2, 0.25) is 0 Å². The molecule has 6 aromatic carbocycles. The average molecular weight is 1500 g/mol. The predicted octanol–water partition coefficient (Wildman–Crippen LogP) is 15.1. The van der Waals surface area contributed by atoms with Crippen molar-refractivity contribution in [2.45, 2.75) is 82.2 Å². The lowest BCUT2D eigenvalue weighted by Gasteiger charge is -2.19. The number of rotatable bonds is 21. The monoisotopic (exact) mass is 1490 g/mol. The Bertz CT molecular complexity index is 4400. The van der Waals surface area contributed by atoms with Crippen LogP contribution in [-0.2, 0) is 63.5 Å². The maximum absolute atomic E-state index is 12.9. The highest BCUT2D eigenvalue weighted by Crippen LogP contribution is 2.34. The highest BCUT2D eigenvalue weighted by atomic mass is 32.2. The highest BCUT2D eigenvalue weighted by molar-refractivity contribution is 8.08. The molecule has 2 N–H and O–H groups in total. The quantitative estimate of drug-likeness (QED) is 0.00889. The minimum absolute atomic E-state index is 0.0207. The van der Waals surface area contributed by atoms with Gasteiger partial charge in [0, 0.05) is 97.8 Å². The molecule has 17 nitrogen and oxygen atoms in total. The fraction of sp³-hybridized carbons (Fsp3) is 0.370. The van der Waals surface area contributed by atoms with Gasteiger partial charge in [-0.1, -0.05) is 66.0 Å². The van der Waals surface area contributed by atoms with Crippen LogP contribution >= 0.6 is 24.4 Å². The minimum Gasteiger partial charge on any atom is -0.741 e. The van der Waals surface area contributed by atoms with Crippen molar-refractivity contribution in [2.75, 3.05) is 85.6 Å². The van der Waals surface area contributed by atoms with Crippen LogP contribution in [-0.4, -0.2) is 111 Å². The van der Waals surface area contributed by atoms with E-state index in [0.717, 1.165) is 56.1 Å². The molecule has 0 radical (unpaired) electrons. The van der Waals surface area contributed by atoms with Gasteiger partial charge in [0.2, 0.25) is 20.0 Å². The van der Waals surface area contributed by atoms with Gasteiger partial charge in [0.1, 0.15) is 34.5 Å². The van der Waals surface area contributed by atoms with Crippen LogP contribution < -0.4 is 19.2 Å². The number of anilines is 2. The molecule has 0 aliphatic carbocycles. The largest absolute Gasteiger partial charge is 0.741 e. The van der Waals surface area contributed by atoms with E-state index in [2.05, 4.69) is 176 Å². The summed E-state index contributed by atoms with van der Waals surface area (Å²) in [4.78, 5) is 5.17. The number of hydrogen-bond donors (Lipinski definition) is 3. The number of nitriles is 2. The van der Waals surface area contributed by atoms with E-state index in [1.165, 1.54) is 64.7 Å². The first kappa shape index (κ1) is 83.1. The molecule has 0 aromatic heterocycles. The standard InChI is InChI=1S/C36H42N5O2S3.C20H22NS.C16H20N4O2S2.CHF3O3S/c1-35(2)20-21-36(3,4)27-45(26-35)25-28-7-9-29(10-8-28)34(19-22-37)44-24-23-38-46(42,43)33-17-13-31(14-18-33)40-39-30-11-15-32(16-12-30)41(5)6;1-19(2)11-12-20(3,4)16-22(15-19)14-18-9-7-17(8-10-18)6-5-13-21;1-20(2)15-7-3-13(4-8-15)18-19-14-5-9-16(10-6-14)24(21,22)17-11-12-23;2-1(3,4)8(5,6)7/h7-19,38H,23-27H2,1-6H3;7-10H,14-16H2,1-4H3;3-10,17,23H,11-12H2,1-2H3;(H,5,6,7)/q2*+1;;/p-1. The van der Waals surface area contributed by atoms with Crippen LogP contribution in [0.1, 0.15) is 77.6 Å². The van der Waals surface area contributed by atoms with Crippen LogP contribution in [0.3, 0.4) is 0 Å². The van der Waals surface area contributed by atoms with Gasteiger partial charge in [-0.15, -0.1) is 11.8 Å². The molecule has 100 heavy (non-hydrogen) atoms. The smallest absolute Gasteiger partial charge is 0.485 e. The van der Waals surface area contributed by atoms with Gasteiger partial charge in [-0.3, -0.25) is 0 Å². The Balaban J connectivity index is 0.000000279. The normalized spacial score (nSPS) is 15.6. The van der Waals surface area contributed by atoms with Gasteiger partial charge in [-0.05, 0) is 192 Å². The first-order valence-corrected chi connectivity index (χ1v) is 40.6. The third-order valence-corrected chi connectivity index (χ3v) is 24.9. The molecule has 2 heterocycles. The van der Waals surface area contributed by atoms with Crippen molar-refractivity contribution < 1.29 is 43.0 Å². The van der Waals surface area contributed by atoms with Crippen molar-refractivity contribution in [1.29, 1.82) is 10.5 Å². The zero-order chi connectivity index (χ0) is 74.2. The number of hydrogen-bond acceptors (Lipinski definition) is 17. The van der Waals surface area contributed by atoms with Crippen LogP contribution in [0.4, 0.5) is 47.3 Å². The van der Waals surface area contributed by atoms with Crippen molar-refractivity contribution in [3.8, 4) is 47.7 Å². The number of sulfonamides is 2. The van der Waals surface area contributed by atoms with Crippen molar-refractivity contribution in [1.82, 2.24) is 9.44 Å². The van der Waals surface area contributed by atoms with E-state index in [9.17, 15) is 35.3 Å². The summed E-state index contributed by atoms with van der Waals surface area (Å²) in [6.45, 7) is 18.4. The third-order valence-electron chi connectivity index (χ3n) is 14.1. The van der Waals surface area contributed by atoms with Gasteiger partial charge in [-0.25, -0.2) is 34.7 Å². The minimum atomic E-state index is -6.09. The van der Waals surface area contributed by atoms with Gasteiger partial charge in [0.15, 0.2) is 16.2 Å². The molecular formula is C73H84F3N10O7S7+. The molecular weight excluding hydrogens is 1410 g/mol. The van der Waals surface area contributed by atoms with E-state index in [1.807, 2.05) is 105 Å².